The molecular weight excluding hydrogens is 433 g/mol. The lowest BCUT2D eigenvalue weighted by Gasteiger charge is -2.27. The molecule has 5 rings (SSSR count). The van der Waals surface area contributed by atoms with Crippen LogP contribution in [0.2, 0.25) is 0 Å². The van der Waals surface area contributed by atoms with Gasteiger partial charge in [0.05, 0.1) is 0 Å². The molecule has 36 heavy (non-hydrogen) atoms. The van der Waals surface area contributed by atoms with Crippen LogP contribution in [0.15, 0.2) is 146 Å². The van der Waals surface area contributed by atoms with E-state index in [-0.39, 0.29) is 6.71 Å². The lowest BCUT2D eigenvalue weighted by molar-refractivity contribution is 1.13. The van der Waals surface area contributed by atoms with Crippen LogP contribution in [-0.2, 0) is 0 Å². The van der Waals surface area contributed by atoms with E-state index in [1.54, 1.807) is 0 Å². The predicted molar refractivity (Wildman–Crippen MR) is 157 cm³/mol. The van der Waals surface area contributed by atoms with Gasteiger partial charge in [-0.25, -0.2) is 0 Å². The van der Waals surface area contributed by atoms with Crippen molar-refractivity contribution in [1.29, 1.82) is 0 Å². The number of hydrogen-bond donors (Lipinski definition) is 0. The molecule has 5 aromatic rings. The van der Waals surface area contributed by atoms with Crippen molar-refractivity contribution >= 4 is 34.4 Å². The van der Waals surface area contributed by atoms with Crippen LogP contribution >= 0.6 is 0 Å². The molecule has 0 amide bonds. The highest BCUT2D eigenvalue weighted by molar-refractivity contribution is 7.00. The third-order valence-corrected chi connectivity index (χ3v) is 6.63. The van der Waals surface area contributed by atoms with Gasteiger partial charge in [0.1, 0.15) is 0 Å². The molecule has 0 radical (unpaired) electrons. The summed E-state index contributed by atoms with van der Waals surface area (Å²) >= 11 is 0. The molecule has 0 spiro atoms. The molecule has 0 heterocycles. The number of para-hydroxylation sites is 1. The summed E-state index contributed by atoms with van der Waals surface area (Å²) in [5, 5.41) is 0. The standard InChI is InChI=1S/C34H30BN/c1-36(2)32-26-16-15-25-31(32)33(27-17-7-3-8-18-27)34(28-19-9-4-10-20-28)35(29-21-11-5-12-22-29)30-23-13-6-14-24-30/h3-26H,1-2H3/b34-33-. The van der Waals surface area contributed by atoms with E-state index in [0.29, 0.717) is 0 Å². The Morgan fingerprint density at radius 3 is 1.39 bits per heavy atom. The largest absolute Gasteiger partial charge is 0.377 e. The molecule has 0 saturated carbocycles. The van der Waals surface area contributed by atoms with Crippen molar-refractivity contribution in [2.24, 2.45) is 0 Å². The van der Waals surface area contributed by atoms with Crippen molar-refractivity contribution in [2.45, 2.75) is 0 Å². The first-order chi connectivity index (χ1) is 17.7. The topological polar surface area (TPSA) is 3.24 Å². The minimum Gasteiger partial charge on any atom is -0.377 e. The van der Waals surface area contributed by atoms with E-state index < -0.39 is 0 Å². The molecule has 5 aromatic carbocycles. The fraction of sp³-hybridized carbons (Fsp3) is 0.0588. The van der Waals surface area contributed by atoms with E-state index in [0.717, 1.165) is 0 Å². The smallest absolute Gasteiger partial charge is 0.242 e. The van der Waals surface area contributed by atoms with E-state index >= 15 is 0 Å². The summed E-state index contributed by atoms with van der Waals surface area (Å²) in [6, 6.07) is 52.2. The van der Waals surface area contributed by atoms with Crippen LogP contribution < -0.4 is 15.8 Å². The summed E-state index contributed by atoms with van der Waals surface area (Å²) in [5.41, 5.74) is 9.97. The summed E-state index contributed by atoms with van der Waals surface area (Å²) in [7, 11) is 4.24. The minimum absolute atomic E-state index is 0.0558. The number of rotatable bonds is 7. The number of nitrogens with zero attached hydrogens (tertiary/aromatic N) is 1. The van der Waals surface area contributed by atoms with E-state index in [2.05, 4.69) is 165 Å². The Morgan fingerprint density at radius 1 is 0.472 bits per heavy atom. The molecule has 0 atom stereocenters. The van der Waals surface area contributed by atoms with Gasteiger partial charge in [-0.2, -0.15) is 0 Å². The van der Waals surface area contributed by atoms with Gasteiger partial charge in [-0.15, -0.1) is 0 Å². The minimum atomic E-state index is 0.0558. The lowest BCUT2D eigenvalue weighted by Crippen LogP contribution is -2.44. The molecule has 2 heteroatoms. The van der Waals surface area contributed by atoms with Crippen LogP contribution in [0, 0.1) is 0 Å². The quantitative estimate of drug-likeness (QED) is 0.195. The Morgan fingerprint density at radius 2 is 0.889 bits per heavy atom. The van der Waals surface area contributed by atoms with Gasteiger partial charge in [0, 0.05) is 25.3 Å². The van der Waals surface area contributed by atoms with Gasteiger partial charge in [0.25, 0.3) is 0 Å². The van der Waals surface area contributed by atoms with E-state index in [9.17, 15) is 0 Å². The second kappa shape index (κ2) is 11.0. The molecule has 0 aliphatic heterocycles. The molecule has 174 valence electrons. The van der Waals surface area contributed by atoms with Crippen molar-refractivity contribution in [3.8, 4) is 0 Å². The first kappa shape index (κ1) is 23.4. The summed E-state index contributed by atoms with van der Waals surface area (Å²) < 4.78 is 0. The zero-order valence-corrected chi connectivity index (χ0v) is 20.9. The number of anilines is 1. The van der Waals surface area contributed by atoms with E-state index in [4.69, 9.17) is 0 Å². The molecule has 0 aliphatic carbocycles. The number of benzene rings is 5. The average Bonchev–Trinajstić information content (AvgIpc) is 2.95. The summed E-state index contributed by atoms with van der Waals surface area (Å²) in [4.78, 5) is 2.21. The van der Waals surface area contributed by atoms with Gasteiger partial charge >= 0.3 is 0 Å². The second-order valence-electron chi connectivity index (χ2n) is 9.19. The van der Waals surface area contributed by atoms with Crippen LogP contribution in [0.5, 0.6) is 0 Å². The van der Waals surface area contributed by atoms with Gasteiger partial charge in [0.15, 0.2) is 0 Å². The van der Waals surface area contributed by atoms with Crippen molar-refractivity contribution in [3.05, 3.63) is 162 Å². The molecule has 0 saturated heterocycles. The Kier molecular flexibility index (Phi) is 7.14. The molecule has 0 bridgehead atoms. The second-order valence-corrected chi connectivity index (χ2v) is 9.19. The Bertz CT molecular complexity index is 1390. The SMILES string of the molecule is CN(C)c1ccccc1/C(=C(\B(c1ccccc1)c1ccccc1)c1ccccc1)c1ccccc1. The van der Waals surface area contributed by atoms with E-state index in [1.807, 2.05) is 0 Å². The normalized spacial score (nSPS) is 11.5. The molecule has 0 aromatic heterocycles. The van der Waals surface area contributed by atoms with Crippen molar-refractivity contribution in [3.63, 3.8) is 0 Å². The first-order valence-corrected chi connectivity index (χ1v) is 12.5. The van der Waals surface area contributed by atoms with Gasteiger partial charge in [-0.3, -0.25) is 0 Å². The number of hydrogen-bond acceptors (Lipinski definition) is 1. The van der Waals surface area contributed by atoms with Crippen LogP contribution in [0.25, 0.3) is 11.0 Å². The van der Waals surface area contributed by atoms with Crippen molar-refractivity contribution < 1.29 is 0 Å². The molecule has 0 unspecified atom stereocenters. The van der Waals surface area contributed by atoms with Gasteiger partial charge in [-0.1, -0.05) is 156 Å². The molecule has 0 aliphatic rings. The highest BCUT2D eigenvalue weighted by Gasteiger charge is 2.29. The van der Waals surface area contributed by atoms with Crippen molar-refractivity contribution in [1.82, 2.24) is 0 Å². The third-order valence-electron chi connectivity index (χ3n) is 6.63. The van der Waals surface area contributed by atoms with Crippen LogP contribution in [0.4, 0.5) is 5.69 Å². The monoisotopic (exact) mass is 463 g/mol. The van der Waals surface area contributed by atoms with Gasteiger partial charge in [0.2, 0.25) is 6.71 Å². The zero-order chi connectivity index (χ0) is 24.7. The Labute approximate surface area is 215 Å². The molecule has 0 N–H and O–H groups in total. The highest BCUT2D eigenvalue weighted by atomic mass is 15.1. The van der Waals surface area contributed by atoms with E-state index in [1.165, 1.54) is 44.3 Å². The first-order valence-electron chi connectivity index (χ1n) is 12.5. The van der Waals surface area contributed by atoms with Crippen molar-refractivity contribution in [2.75, 3.05) is 19.0 Å². The molecular formula is C34H30BN. The zero-order valence-electron chi connectivity index (χ0n) is 20.9. The molecule has 0 fully saturated rings. The maximum atomic E-state index is 2.26. The molecule has 1 nitrogen and oxygen atoms in total. The summed E-state index contributed by atoms with van der Waals surface area (Å²) in [6.07, 6.45) is 0. The fourth-order valence-electron chi connectivity index (χ4n) is 5.03. The predicted octanol–water partition coefficient (Wildman–Crippen LogP) is 6.56. The van der Waals surface area contributed by atoms with Crippen LogP contribution in [0.3, 0.4) is 0 Å². The summed E-state index contributed by atoms with van der Waals surface area (Å²) in [6.45, 7) is 0.0558. The van der Waals surface area contributed by atoms with Gasteiger partial charge < -0.3 is 4.90 Å². The Hall–Kier alpha value is -4.30. The summed E-state index contributed by atoms with van der Waals surface area (Å²) in [5.74, 6) is 0. The van der Waals surface area contributed by atoms with Crippen LogP contribution in [0.1, 0.15) is 16.7 Å². The maximum absolute atomic E-state index is 2.26. The Balaban J connectivity index is 1.95. The van der Waals surface area contributed by atoms with Crippen LogP contribution in [-0.4, -0.2) is 20.8 Å². The lowest BCUT2D eigenvalue weighted by atomic mass is 9.34. The fourth-order valence-corrected chi connectivity index (χ4v) is 5.03. The average molecular weight is 463 g/mol. The maximum Gasteiger partial charge on any atom is 0.242 e. The highest BCUT2D eigenvalue weighted by Crippen LogP contribution is 2.38. The van der Waals surface area contributed by atoms with Gasteiger partial charge in [-0.05, 0) is 22.8 Å². The third kappa shape index (κ3) is 4.90.